The number of anilines is 1. The number of H-pyrrole nitrogens is 1. The van der Waals surface area contributed by atoms with Gasteiger partial charge in [0.15, 0.2) is 5.58 Å². The van der Waals surface area contributed by atoms with Gasteiger partial charge >= 0.3 is 5.76 Å². The Kier molecular flexibility index (Phi) is 5.30. The highest BCUT2D eigenvalue weighted by Crippen LogP contribution is 2.32. The van der Waals surface area contributed by atoms with Gasteiger partial charge in [-0.1, -0.05) is 30.3 Å². The van der Waals surface area contributed by atoms with Gasteiger partial charge in [-0.15, -0.1) is 0 Å². The first-order valence-corrected chi connectivity index (χ1v) is 9.81. The molecule has 1 fully saturated rings. The first kappa shape index (κ1) is 17.9. The van der Waals surface area contributed by atoms with Crippen LogP contribution in [0.15, 0.2) is 57.7 Å². The maximum Gasteiger partial charge on any atom is 0.417 e. The number of fused-ring (bicyclic) bond motifs is 1. The van der Waals surface area contributed by atoms with E-state index in [1.165, 1.54) is 31.2 Å². The van der Waals surface area contributed by atoms with Gasteiger partial charge in [0.1, 0.15) is 0 Å². The molecule has 0 radical (unpaired) electrons. The molecule has 4 rings (SSSR count). The molecule has 0 amide bonds. The molecule has 3 aromatic rings. The largest absolute Gasteiger partial charge is 0.417 e. The Labute approximate surface area is 159 Å². The van der Waals surface area contributed by atoms with Crippen LogP contribution < -0.4 is 16.0 Å². The minimum absolute atomic E-state index is 0.405. The van der Waals surface area contributed by atoms with Crippen molar-refractivity contribution >= 4 is 16.8 Å². The summed E-state index contributed by atoms with van der Waals surface area (Å²) in [5, 5.41) is 3.71. The van der Waals surface area contributed by atoms with Crippen LogP contribution in [0.25, 0.3) is 11.1 Å². The summed E-state index contributed by atoms with van der Waals surface area (Å²) in [4.78, 5) is 16.1. The zero-order chi connectivity index (χ0) is 18.6. The predicted octanol–water partition coefficient (Wildman–Crippen LogP) is 3.87. The lowest BCUT2D eigenvalue weighted by atomic mass is 9.82. The summed E-state index contributed by atoms with van der Waals surface area (Å²) in [5.41, 5.74) is 3.89. The van der Waals surface area contributed by atoms with E-state index in [1.807, 2.05) is 18.2 Å². The van der Waals surface area contributed by atoms with Gasteiger partial charge in [0.25, 0.3) is 0 Å². The number of rotatable bonds is 6. The van der Waals surface area contributed by atoms with Crippen LogP contribution in [0.3, 0.4) is 0 Å². The van der Waals surface area contributed by atoms with Gasteiger partial charge in [-0.2, -0.15) is 0 Å². The van der Waals surface area contributed by atoms with E-state index in [1.54, 1.807) is 0 Å². The summed E-state index contributed by atoms with van der Waals surface area (Å²) in [6.45, 7) is 1.87. The molecule has 0 saturated heterocycles. The van der Waals surface area contributed by atoms with Gasteiger partial charge in [-0.3, -0.25) is 4.98 Å². The number of benzene rings is 2. The minimum atomic E-state index is -0.405. The van der Waals surface area contributed by atoms with Crippen LogP contribution in [0.1, 0.15) is 37.2 Å². The molecule has 0 bridgehead atoms. The second-order valence-electron chi connectivity index (χ2n) is 7.53. The summed E-state index contributed by atoms with van der Waals surface area (Å²) < 4.78 is 5.15. The molecule has 27 heavy (non-hydrogen) atoms. The maximum absolute atomic E-state index is 11.3. The summed E-state index contributed by atoms with van der Waals surface area (Å²) in [5.74, 6) is 0.312. The third kappa shape index (κ3) is 4.25. The number of hydrogen-bond acceptors (Lipinski definition) is 4. The summed E-state index contributed by atoms with van der Waals surface area (Å²) in [7, 11) is 2.07. The molecule has 0 atom stereocenters. The molecule has 1 heterocycles. The standard InChI is InChI=1S/C22H27N3O2/c1-25(19-11-12-20-21(15-19)27-22(26)24-20)14-13-23-18-9-7-17(8-10-18)16-5-3-2-4-6-16/h2-6,11-12,15,17-18,23H,7-10,13-14H2,1H3,(H,24,26). The van der Waals surface area contributed by atoms with Crippen molar-refractivity contribution in [2.24, 2.45) is 0 Å². The minimum Gasteiger partial charge on any atom is -0.408 e. The van der Waals surface area contributed by atoms with E-state index < -0.39 is 5.76 Å². The second-order valence-corrected chi connectivity index (χ2v) is 7.53. The van der Waals surface area contributed by atoms with E-state index in [4.69, 9.17) is 4.42 Å². The van der Waals surface area contributed by atoms with Crippen molar-refractivity contribution in [3.05, 3.63) is 64.6 Å². The fraction of sp³-hybridized carbons (Fsp3) is 0.409. The lowest BCUT2D eigenvalue weighted by Crippen LogP contribution is -2.37. The molecule has 0 spiro atoms. The molecule has 0 aliphatic heterocycles. The number of aromatic amines is 1. The van der Waals surface area contributed by atoms with E-state index >= 15 is 0 Å². The van der Waals surface area contributed by atoms with Crippen LogP contribution >= 0.6 is 0 Å². The second kappa shape index (κ2) is 8.01. The number of likely N-dealkylation sites (N-methyl/N-ethyl adjacent to an activating group) is 1. The molecule has 5 nitrogen and oxygen atoms in total. The SMILES string of the molecule is CN(CCNC1CCC(c2ccccc2)CC1)c1ccc2[nH]c(=O)oc2c1. The van der Waals surface area contributed by atoms with Crippen molar-refractivity contribution < 1.29 is 4.42 Å². The number of nitrogens with one attached hydrogen (secondary N) is 2. The smallest absolute Gasteiger partial charge is 0.408 e. The Balaban J connectivity index is 1.24. The van der Waals surface area contributed by atoms with E-state index in [0.29, 0.717) is 11.6 Å². The summed E-state index contributed by atoms with van der Waals surface area (Å²) in [6.07, 6.45) is 5.01. The van der Waals surface area contributed by atoms with E-state index in [2.05, 4.69) is 52.6 Å². The molecule has 1 aliphatic carbocycles. The summed E-state index contributed by atoms with van der Waals surface area (Å²) >= 11 is 0. The van der Waals surface area contributed by atoms with Crippen LogP contribution in [-0.4, -0.2) is 31.2 Å². The quantitative estimate of drug-likeness (QED) is 0.696. The van der Waals surface area contributed by atoms with Crippen LogP contribution in [-0.2, 0) is 0 Å². The molecule has 1 aromatic heterocycles. The normalized spacial score (nSPS) is 20.0. The lowest BCUT2D eigenvalue weighted by Gasteiger charge is -2.30. The predicted molar refractivity (Wildman–Crippen MR) is 110 cm³/mol. The molecular weight excluding hydrogens is 338 g/mol. The van der Waals surface area contributed by atoms with Crippen molar-refractivity contribution in [3.8, 4) is 0 Å². The fourth-order valence-electron chi connectivity index (χ4n) is 4.09. The van der Waals surface area contributed by atoms with Gasteiger partial charge in [0, 0.05) is 37.9 Å². The summed E-state index contributed by atoms with van der Waals surface area (Å²) in [6, 6.07) is 17.3. The number of hydrogen-bond donors (Lipinski definition) is 2. The first-order valence-electron chi connectivity index (χ1n) is 9.81. The number of aromatic nitrogens is 1. The molecule has 142 valence electrons. The van der Waals surface area contributed by atoms with Crippen LogP contribution in [0.4, 0.5) is 5.69 Å². The number of oxazole rings is 1. The van der Waals surface area contributed by atoms with Gasteiger partial charge in [-0.05, 0) is 49.3 Å². The maximum atomic E-state index is 11.3. The molecular formula is C22H27N3O2. The Bertz CT molecular complexity index is 923. The monoisotopic (exact) mass is 365 g/mol. The number of nitrogens with zero attached hydrogens (tertiary/aromatic N) is 1. The zero-order valence-corrected chi connectivity index (χ0v) is 15.8. The average molecular weight is 365 g/mol. The molecule has 2 aromatic carbocycles. The Morgan fingerprint density at radius 2 is 1.89 bits per heavy atom. The van der Waals surface area contributed by atoms with Gasteiger partial charge < -0.3 is 14.6 Å². The van der Waals surface area contributed by atoms with Gasteiger partial charge in [-0.25, -0.2) is 4.79 Å². The van der Waals surface area contributed by atoms with Gasteiger partial charge in [0.2, 0.25) is 0 Å². The van der Waals surface area contributed by atoms with E-state index in [9.17, 15) is 4.79 Å². The average Bonchev–Trinajstić information content (AvgIpc) is 3.08. The molecule has 1 aliphatic rings. The van der Waals surface area contributed by atoms with Crippen molar-refractivity contribution in [3.63, 3.8) is 0 Å². The van der Waals surface area contributed by atoms with Crippen LogP contribution in [0, 0.1) is 0 Å². The topological polar surface area (TPSA) is 61.3 Å². The van der Waals surface area contributed by atoms with Crippen molar-refractivity contribution in [2.75, 3.05) is 25.0 Å². The third-order valence-corrected chi connectivity index (χ3v) is 5.72. The van der Waals surface area contributed by atoms with Gasteiger partial charge in [0.05, 0.1) is 5.52 Å². The lowest BCUT2D eigenvalue weighted by molar-refractivity contribution is 0.345. The highest BCUT2D eigenvalue weighted by Gasteiger charge is 2.21. The highest BCUT2D eigenvalue weighted by atomic mass is 16.4. The molecule has 2 N–H and O–H groups in total. The molecule has 5 heteroatoms. The Hall–Kier alpha value is -2.53. The van der Waals surface area contributed by atoms with E-state index in [-0.39, 0.29) is 0 Å². The van der Waals surface area contributed by atoms with Crippen LogP contribution in [0.2, 0.25) is 0 Å². The first-order chi connectivity index (χ1) is 13.2. The van der Waals surface area contributed by atoms with Crippen molar-refractivity contribution in [2.45, 2.75) is 37.6 Å². The molecule has 1 saturated carbocycles. The Morgan fingerprint density at radius 1 is 1.11 bits per heavy atom. The van der Waals surface area contributed by atoms with Crippen LogP contribution in [0.5, 0.6) is 0 Å². The highest BCUT2D eigenvalue weighted by molar-refractivity contribution is 5.76. The molecule has 0 unspecified atom stereocenters. The van der Waals surface area contributed by atoms with Crippen molar-refractivity contribution in [1.29, 1.82) is 0 Å². The van der Waals surface area contributed by atoms with E-state index in [0.717, 1.165) is 30.2 Å². The Morgan fingerprint density at radius 3 is 2.67 bits per heavy atom. The van der Waals surface area contributed by atoms with Crippen molar-refractivity contribution in [1.82, 2.24) is 10.3 Å². The fourth-order valence-corrected chi connectivity index (χ4v) is 4.09. The zero-order valence-electron chi connectivity index (χ0n) is 15.8. The third-order valence-electron chi connectivity index (χ3n) is 5.72.